The molecule has 0 amide bonds. The van der Waals surface area contributed by atoms with Gasteiger partial charge in [-0.1, -0.05) is 12.1 Å². The maximum Gasteiger partial charge on any atom is 0.338 e. The molecule has 0 bridgehead atoms. The number of ether oxygens (including phenoxy) is 2. The van der Waals surface area contributed by atoms with E-state index >= 15 is 0 Å². The molecule has 0 radical (unpaired) electrons. The molecule has 0 spiro atoms. The molecule has 0 aliphatic carbocycles. The molecule has 0 saturated carbocycles. The number of aryl methyl sites for hydroxylation is 1. The summed E-state index contributed by atoms with van der Waals surface area (Å²) in [6.07, 6.45) is 0.157. The molecule has 2 aromatic rings. The topological polar surface area (TPSA) is 59.6 Å². The number of thiocarbonyl (C=S) groups is 1. The van der Waals surface area contributed by atoms with Crippen molar-refractivity contribution in [3.8, 4) is 5.75 Å². The number of benzene rings is 2. The Morgan fingerprint density at radius 3 is 2.44 bits per heavy atom. The third kappa shape index (κ3) is 6.57. The van der Waals surface area contributed by atoms with E-state index in [0.717, 1.165) is 22.6 Å². The lowest BCUT2D eigenvalue weighted by Crippen LogP contribution is -2.28. The average Bonchev–Trinajstić information content (AvgIpc) is 2.62. The van der Waals surface area contributed by atoms with Crippen molar-refractivity contribution in [3.63, 3.8) is 0 Å². The fraction of sp³-hybridized carbons (Fsp3) is 0.333. The summed E-state index contributed by atoms with van der Waals surface area (Å²) >= 11 is 5.37. The van der Waals surface area contributed by atoms with Gasteiger partial charge in [-0.2, -0.15) is 0 Å². The molecule has 0 aliphatic heterocycles. The van der Waals surface area contributed by atoms with Gasteiger partial charge in [-0.05, 0) is 81.4 Å². The molecule has 2 rings (SSSR count). The molecule has 144 valence electrons. The monoisotopic (exact) mass is 386 g/mol. The lowest BCUT2D eigenvalue weighted by atomic mass is 10.1. The van der Waals surface area contributed by atoms with Gasteiger partial charge < -0.3 is 20.1 Å². The molecule has 0 aliphatic rings. The van der Waals surface area contributed by atoms with Crippen LogP contribution in [0.25, 0.3) is 0 Å². The number of carbonyl (C=O) groups excluding carboxylic acids is 1. The minimum absolute atomic E-state index is 0.157. The first-order valence-electron chi connectivity index (χ1n) is 8.97. The van der Waals surface area contributed by atoms with Crippen molar-refractivity contribution in [2.24, 2.45) is 0 Å². The molecule has 0 aromatic heterocycles. The van der Waals surface area contributed by atoms with E-state index in [4.69, 9.17) is 21.7 Å². The maximum atomic E-state index is 11.8. The van der Waals surface area contributed by atoms with Crippen LogP contribution >= 0.6 is 12.2 Å². The van der Waals surface area contributed by atoms with Crippen LogP contribution in [0.15, 0.2) is 42.5 Å². The third-order valence-electron chi connectivity index (χ3n) is 3.73. The van der Waals surface area contributed by atoms with E-state index < -0.39 is 0 Å². The van der Waals surface area contributed by atoms with E-state index in [9.17, 15) is 4.79 Å². The smallest absolute Gasteiger partial charge is 0.338 e. The Morgan fingerprint density at radius 1 is 1.15 bits per heavy atom. The summed E-state index contributed by atoms with van der Waals surface area (Å²) in [6, 6.07) is 13.3. The van der Waals surface area contributed by atoms with E-state index in [-0.39, 0.29) is 12.1 Å². The zero-order valence-corrected chi connectivity index (χ0v) is 17.0. The third-order valence-corrected chi connectivity index (χ3v) is 3.98. The number of nitrogens with one attached hydrogen (secondary N) is 2. The van der Waals surface area contributed by atoms with Crippen LogP contribution in [0, 0.1) is 6.92 Å². The Hall–Kier alpha value is -2.60. The molecule has 0 saturated heterocycles. The summed E-state index contributed by atoms with van der Waals surface area (Å²) in [5.41, 5.74) is 3.40. The molecule has 2 aromatic carbocycles. The van der Waals surface area contributed by atoms with Gasteiger partial charge in [0.1, 0.15) is 5.75 Å². The van der Waals surface area contributed by atoms with Gasteiger partial charge in [0.25, 0.3) is 0 Å². The van der Waals surface area contributed by atoms with E-state index in [2.05, 4.69) is 10.6 Å². The Balaban J connectivity index is 1.89. The molecule has 0 fully saturated rings. The fourth-order valence-corrected chi connectivity index (χ4v) is 2.63. The van der Waals surface area contributed by atoms with Crippen molar-refractivity contribution >= 4 is 29.0 Å². The van der Waals surface area contributed by atoms with Gasteiger partial charge in [0, 0.05) is 12.2 Å². The number of hydrogen-bond donors (Lipinski definition) is 2. The second kappa shape index (κ2) is 9.92. The first kappa shape index (κ1) is 20.7. The summed E-state index contributed by atoms with van der Waals surface area (Å²) in [4.78, 5) is 11.8. The lowest BCUT2D eigenvalue weighted by molar-refractivity contribution is 0.0526. The fourth-order valence-electron chi connectivity index (χ4n) is 2.45. The largest absolute Gasteiger partial charge is 0.491 e. The predicted octanol–water partition coefficient (Wildman–Crippen LogP) is 4.45. The first-order chi connectivity index (χ1) is 12.9. The van der Waals surface area contributed by atoms with Crippen LogP contribution < -0.4 is 15.4 Å². The SMILES string of the molecule is CCOC(=O)c1ccc(NC(=S)NCc2ccc(OC(C)C)cc2)c(C)c1. The van der Waals surface area contributed by atoms with Crippen LogP contribution in [-0.2, 0) is 11.3 Å². The van der Waals surface area contributed by atoms with Gasteiger partial charge in [-0.15, -0.1) is 0 Å². The highest BCUT2D eigenvalue weighted by atomic mass is 32.1. The molecule has 0 atom stereocenters. The number of hydrogen-bond acceptors (Lipinski definition) is 4. The van der Waals surface area contributed by atoms with Crippen molar-refractivity contribution in [2.45, 2.75) is 40.3 Å². The molecule has 5 nitrogen and oxygen atoms in total. The molecule has 27 heavy (non-hydrogen) atoms. The van der Waals surface area contributed by atoms with Crippen molar-refractivity contribution in [1.82, 2.24) is 5.32 Å². The van der Waals surface area contributed by atoms with Crippen LogP contribution in [0.2, 0.25) is 0 Å². The zero-order valence-electron chi connectivity index (χ0n) is 16.2. The van der Waals surface area contributed by atoms with Crippen molar-refractivity contribution in [3.05, 3.63) is 59.2 Å². The number of rotatable bonds is 7. The highest BCUT2D eigenvalue weighted by Gasteiger charge is 2.09. The maximum absolute atomic E-state index is 11.8. The number of esters is 1. The summed E-state index contributed by atoms with van der Waals surface area (Å²) in [5, 5.41) is 6.86. The number of carbonyl (C=O) groups is 1. The van der Waals surface area contributed by atoms with Crippen molar-refractivity contribution < 1.29 is 14.3 Å². The van der Waals surface area contributed by atoms with Gasteiger partial charge >= 0.3 is 5.97 Å². The summed E-state index contributed by atoms with van der Waals surface area (Å²) in [5.74, 6) is 0.532. The summed E-state index contributed by atoms with van der Waals surface area (Å²) < 4.78 is 10.7. The second-order valence-corrected chi connectivity index (χ2v) is 6.78. The highest BCUT2D eigenvalue weighted by molar-refractivity contribution is 7.80. The highest BCUT2D eigenvalue weighted by Crippen LogP contribution is 2.17. The first-order valence-corrected chi connectivity index (χ1v) is 9.38. The van der Waals surface area contributed by atoms with Gasteiger partial charge in [0.15, 0.2) is 5.11 Å². The van der Waals surface area contributed by atoms with Crippen LogP contribution in [0.5, 0.6) is 5.75 Å². The van der Waals surface area contributed by atoms with Crippen molar-refractivity contribution in [2.75, 3.05) is 11.9 Å². The van der Waals surface area contributed by atoms with E-state index in [1.165, 1.54) is 0 Å². The summed E-state index contributed by atoms with van der Waals surface area (Å²) in [6.45, 7) is 8.67. The van der Waals surface area contributed by atoms with E-state index in [1.54, 1.807) is 19.1 Å². The number of anilines is 1. The average molecular weight is 387 g/mol. The quantitative estimate of drug-likeness (QED) is 0.542. The summed E-state index contributed by atoms with van der Waals surface area (Å²) in [7, 11) is 0. The zero-order chi connectivity index (χ0) is 19.8. The Kier molecular flexibility index (Phi) is 7.61. The molecular formula is C21H26N2O3S. The van der Waals surface area contributed by atoms with Gasteiger partial charge in [0.05, 0.1) is 18.3 Å². The standard InChI is InChI=1S/C21H26N2O3S/c1-5-25-20(24)17-8-11-19(15(4)12-17)23-21(27)22-13-16-6-9-18(10-7-16)26-14(2)3/h6-12,14H,5,13H2,1-4H3,(H2,22,23,27). The van der Waals surface area contributed by atoms with Gasteiger partial charge in [-0.25, -0.2) is 4.79 Å². The van der Waals surface area contributed by atoms with Crippen LogP contribution in [-0.4, -0.2) is 23.8 Å². The minimum atomic E-state index is -0.322. The predicted molar refractivity (Wildman–Crippen MR) is 112 cm³/mol. The van der Waals surface area contributed by atoms with E-state index in [0.29, 0.717) is 23.8 Å². The molecule has 6 heteroatoms. The Morgan fingerprint density at radius 2 is 1.85 bits per heavy atom. The van der Waals surface area contributed by atoms with Crippen LogP contribution in [0.4, 0.5) is 5.69 Å². The van der Waals surface area contributed by atoms with Crippen LogP contribution in [0.3, 0.4) is 0 Å². The second-order valence-electron chi connectivity index (χ2n) is 6.37. The minimum Gasteiger partial charge on any atom is -0.491 e. The van der Waals surface area contributed by atoms with E-state index in [1.807, 2.05) is 51.1 Å². The van der Waals surface area contributed by atoms with Crippen molar-refractivity contribution in [1.29, 1.82) is 0 Å². The van der Waals surface area contributed by atoms with Gasteiger partial charge in [0.2, 0.25) is 0 Å². The van der Waals surface area contributed by atoms with Crippen LogP contribution in [0.1, 0.15) is 42.3 Å². The molecule has 2 N–H and O–H groups in total. The van der Waals surface area contributed by atoms with Gasteiger partial charge in [-0.3, -0.25) is 0 Å². The normalized spacial score (nSPS) is 10.4. The molecule has 0 unspecified atom stereocenters. The Labute approximate surface area is 166 Å². The molecular weight excluding hydrogens is 360 g/mol. The lowest BCUT2D eigenvalue weighted by Gasteiger charge is -2.14. The Bertz CT molecular complexity index is 789. The molecule has 0 heterocycles.